The van der Waals surface area contributed by atoms with Crippen molar-refractivity contribution < 1.29 is 9.53 Å². The van der Waals surface area contributed by atoms with Gasteiger partial charge in [-0.25, -0.2) is 0 Å². The van der Waals surface area contributed by atoms with Gasteiger partial charge in [-0.2, -0.15) is 0 Å². The maximum absolute atomic E-state index is 12.1. The van der Waals surface area contributed by atoms with E-state index >= 15 is 0 Å². The zero-order chi connectivity index (χ0) is 16.5. The molecule has 1 aromatic rings. The van der Waals surface area contributed by atoms with Crippen molar-refractivity contribution in [2.75, 3.05) is 71.9 Å². The highest BCUT2D eigenvalue weighted by Gasteiger charge is 2.10. The van der Waals surface area contributed by atoms with Crippen LogP contribution in [0.2, 0.25) is 0 Å². The van der Waals surface area contributed by atoms with Gasteiger partial charge in [-0.15, -0.1) is 0 Å². The molecule has 0 atom stereocenters. The maximum Gasteiger partial charge on any atom is 0.252 e. The molecule has 1 saturated heterocycles. The Labute approximate surface area is 138 Å². The number of pyridine rings is 1. The number of hydrogen-bond acceptors (Lipinski definition) is 6. The van der Waals surface area contributed by atoms with Crippen LogP contribution in [-0.2, 0) is 4.74 Å². The van der Waals surface area contributed by atoms with E-state index < -0.39 is 0 Å². The lowest BCUT2D eigenvalue weighted by molar-refractivity contribution is 0.0398. The van der Waals surface area contributed by atoms with Crippen molar-refractivity contribution in [3.05, 3.63) is 24.0 Å². The van der Waals surface area contributed by atoms with Crippen LogP contribution in [0.1, 0.15) is 10.4 Å². The van der Waals surface area contributed by atoms with E-state index in [2.05, 4.69) is 20.5 Å². The lowest BCUT2D eigenvalue weighted by Crippen LogP contribution is -2.39. The molecular weight excluding hydrogens is 294 g/mol. The SMILES string of the molecule is CN(C)CCNC(=O)c1cncc(NCCN2CCOCC2)c1. The lowest BCUT2D eigenvalue weighted by Gasteiger charge is -2.26. The Morgan fingerprint density at radius 1 is 1.30 bits per heavy atom. The fourth-order valence-electron chi connectivity index (χ4n) is 2.34. The van der Waals surface area contributed by atoms with Crippen LogP contribution in [0.4, 0.5) is 5.69 Å². The number of hydrogen-bond donors (Lipinski definition) is 2. The standard InChI is InChI=1S/C16H27N5O2/c1-20(2)5-3-19-16(22)14-11-15(13-17-12-14)18-4-6-21-7-9-23-10-8-21/h11-13,18H,3-10H2,1-2H3,(H,19,22). The first-order valence-electron chi connectivity index (χ1n) is 8.07. The van der Waals surface area contributed by atoms with Crippen molar-refractivity contribution in [1.82, 2.24) is 20.1 Å². The van der Waals surface area contributed by atoms with Crippen molar-refractivity contribution >= 4 is 11.6 Å². The van der Waals surface area contributed by atoms with Crippen LogP contribution in [0.15, 0.2) is 18.5 Å². The zero-order valence-corrected chi connectivity index (χ0v) is 14.0. The Bertz CT molecular complexity index is 489. The highest BCUT2D eigenvalue weighted by Crippen LogP contribution is 2.08. The van der Waals surface area contributed by atoms with Gasteiger partial charge in [-0.05, 0) is 20.2 Å². The van der Waals surface area contributed by atoms with E-state index in [0.717, 1.165) is 51.6 Å². The molecule has 2 heterocycles. The summed E-state index contributed by atoms with van der Waals surface area (Å²) >= 11 is 0. The molecule has 1 fully saturated rings. The normalized spacial score (nSPS) is 15.6. The van der Waals surface area contributed by atoms with Gasteiger partial charge in [0.05, 0.1) is 24.5 Å². The fraction of sp³-hybridized carbons (Fsp3) is 0.625. The number of carbonyl (C=O) groups excluding carboxylic acids is 1. The zero-order valence-electron chi connectivity index (χ0n) is 14.0. The Hall–Kier alpha value is -1.70. The summed E-state index contributed by atoms with van der Waals surface area (Å²) in [5.41, 5.74) is 1.46. The number of carbonyl (C=O) groups is 1. The molecule has 0 aromatic carbocycles. The Kier molecular flexibility index (Phi) is 7.25. The van der Waals surface area contributed by atoms with Crippen molar-refractivity contribution in [3.8, 4) is 0 Å². The second-order valence-corrected chi connectivity index (χ2v) is 5.90. The first-order valence-corrected chi connectivity index (χ1v) is 8.07. The van der Waals surface area contributed by atoms with Crippen molar-refractivity contribution in [3.63, 3.8) is 0 Å². The van der Waals surface area contributed by atoms with Crippen molar-refractivity contribution in [1.29, 1.82) is 0 Å². The highest BCUT2D eigenvalue weighted by atomic mass is 16.5. The second kappa shape index (κ2) is 9.44. The summed E-state index contributed by atoms with van der Waals surface area (Å²) in [5, 5.41) is 6.22. The van der Waals surface area contributed by atoms with Gasteiger partial charge in [-0.3, -0.25) is 14.7 Å². The molecule has 0 spiro atoms. The largest absolute Gasteiger partial charge is 0.382 e. The monoisotopic (exact) mass is 321 g/mol. The maximum atomic E-state index is 12.1. The van der Waals surface area contributed by atoms with Crippen molar-refractivity contribution in [2.45, 2.75) is 0 Å². The van der Waals surface area contributed by atoms with E-state index in [9.17, 15) is 4.79 Å². The molecule has 0 unspecified atom stereocenters. The minimum atomic E-state index is -0.0869. The summed E-state index contributed by atoms with van der Waals surface area (Å²) < 4.78 is 5.33. The predicted octanol–water partition coefficient (Wildman–Crippen LogP) is 0.117. The van der Waals surface area contributed by atoms with E-state index in [-0.39, 0.29) is 5.91 Å². The highest BCUT2D eigenvalue weighted by molar-refractivity contribution is 5.94. The first-order chi connectivity index (χ1) is 11.1. The molecule has 0 bridgehead atoms. The van der Waals surface area contributed by atoms with Gasteiger partial charge in [0.15, 0.2) is 0 Å². The van der Waals surface area contributed by atoms with Gasteiger partial charge in [0.2, 0.25) is 0 Å². The van der Waals surface area contributed by atoms with Gasteiger partial charge >= 0.3 is 0 Å². The number of likely N-dealkylation sites (N-methyl/N-ethyl adjacent to an activating group) is 1. The topological polar surface area (TPSA) is 69.7 Å². The summed E-state index contributed by atoms with van der Waals surface area (Å²) in [5.74, 6) is -0.0869. The van der Waals surface area contributed by atoms with Crippen LogP contribution >= 0.6 is 0 Å². The molecule has 2 rings (SSSR count). The number of nitrogens with one attached hydrogen (secondary N) is 2. The third kappa shape index (κ3) is 6.52. The number of morpholine rings is 1. The molecule has 0 saturated carbocycles. The minimum Gasteiger partial charge on any atom is -0.382 e. The number of aromatic nitrogens is 1. The van der Waals surface area contributed by atoms with E-state index in [0.29, 0.717) is 12.1 Å². The summed E-state index contributed by atoms with van der Waals surface area (Å²) in [6.45, 7) is 6.81. The summed E-state index contributed by atoms with van der Waals surface area (Å²) in [6, 6.07) is 1.84. The quantitative estimate of drug-likeness (QED) is 0.709. The molecule has 128 valence electrons. The minimum absolute atomic E-state index is 0.0869. The van der Waals surface area contributed by atoms with Crippen LogP contribution in [0, 0.1) is 0 Å². The molecule has 1 aliphatic heterocycles. The van der Waals surface area contributed by atoms with Gasteiger partial charge in [0.25, 0.3) is 5.91 Å². The third-order valence-electron chi connectivity index (χ3n) is 3.71. The predicted molar refractivity (Wildman–Crippen MR) is 90.9 cm³/mol. The number of ether oxygens (including phenoxy) is 1. The molecule has 1 amide bonds. The van der Waals surface area contributed by atoms with E-state index in [4.69, 9.17) is 4.74 Å². The summed E-state index contributed by atoms with van der Waals surface area (Å²) in [6.07, 6.45) is 3.34. The number of rotatable bonds is 8. The van der Waals surface area contributed by atoms with E-state index in [1.807, 2.05) is 25.1 Å². The molecule has 7 nitrogen and oxygen atoms in total. The van der Waals surface area contributed by atoms with Crippen LogP contribution in [-0.4, -0.2) is 87.3 Å². The summed E-state index contributed by atoms with van der Waals surface area (Å²) in [4.78, 5) is 20.6. The second-order valence-electron chi connectivity index (χ2n) is 5.90. The number of amides is 1. The fourth-order valence-corrected chi connectivity index (χ4v) is 2.34. The van der Waals surface area contributed by atoms with Crippen LogP contribution in [0.5, 0.6) is 0 Å². The van der Waals surface area contributed by atoms with Crippen LogP contribution in [0.25, 0.3) is 0 Å². The van der Waals surface area contributed by atoms with Gasteiger partial charge in [0, 0.05) is 51.7 Å². The molecular formula is C16H27N5O2. The lowest BCUT2D eigenvalue weighted by atomic mass is 10.2. The Balaban J connectivity index is 1.75. The molecule has 0 radical (unpaired) electrons. The van der Waals surface area contributed by atoms with Crippen molar-refractivity contribution in [2.24, 2.45) is 0 Å². The van der Waals surface area contributed by atoms with E-state index in [1.54, 1.807) is 12.4 Å². The number of anilines is 1. The molecule has 7 heteroatoms. The Morgan fingerprint density at radius 2 is 2.09 bits per heavy atom. The average Bonchev–Trinajstić information content (AvgIpc) is 2.56. The molecule has 2 N–H and O–H groups in total. The molecule has 1 aliphatic rings. The van der Waals surface area contributed by atoms with Gasteiger partial charge < -0.3 is 20.3 Å². The molecule has 1 aromatic heterocycles. The third-order valence-corrected chi connectivity index (χ3v) is 3.71. The number of nitrogens with zero attached hydrogens (tertiary/aromatic N) is 3. The van der Waals surface area contributed by atoms with Crippen LogP contribution in [0.3, 0.4) is 0 Å². The Morgan fingerprint density at radius 3 is 2.83 bits per heavy atom. The molecule has 0 aliphatic carbocycles. The van der Waals surface area contributed by atoms with Crippen LogP contribution < -0.4 is 10.6 Å². The van der Waals surface area contributed by atoms with Gasteiger partial charge in [-0.1, -0.05) is 0 Å². The average molecular weight is 321 g/mol. The summed E-state index contributed by atoms with van der Waals surface area (Å²) in [7, 11) is 3.96. The van der Waals surface area contributed by atoms with E-state index in [1.165, 1.54) is 0 Å². The smallest absolute Gasteiger partial charge is 0.252 e. The van der Waals surface area contributed by atoms with Gasteiger partial charge in [0.1, 0.15) is 0 Å². The molecule has 23 heavy (non-hydrogen) atoms. The first kappa shape index (κ1) is 17.7.